The van der Waals surface area contributed by atoms with Crippen molar-refractivity contribution in [1.29, 1.82) is 0 Å². The summed E-state index contributed by atoms with van der Waals surface area (Å²) in [5, 5.41) is 0. The van der Waals surface area contributed by atoms with Gasteiger partial charge in [-0.15, -0.1) is 0 Å². The van der Waals surface area contributed by atoms with Gasteiger partial charge in [-0.25, -0.2) is 0 Å². The fraction of sp³-hybridized carbons (Fsp3) is 0.778. The molecule has 0 radical (unpaired) electrons. The Morgan fingerprint density at radius 2 is 1.59 bits per heavy atom. The molecule has 27 heavy (non-hydrogen) atoms. The molecular formula is C27H40. The lowest BCUT2D eigenvalue weighted by Crippen LogP contribution is -2.55. The summed E-state index contributed by atoms with van der Waals surface area (Å²) in [7, 11) is 0. The lowest BCUT2D eigenvalue weighted by Gasteiger charge is -2.62. The van der Waals surface area contributed by atoms with Crippen LogP contribution >= 0.6 is 0 Å². The van der Waals surface area contributed by atoms with Gasteiger partial charge in [-0.2, -0.15) is 0 Å². The van der Waals surface area contributed by atoms with Crippen LogP contribution < -0.4 is 0 Å². The van der Waals surface area contributed by atoms with Crippen molar-refractivity contribution in [2.75, 3.05) is 0 Å². The van der Waals surface area contributed by atoms with Gasteiger partial charge in [-0.3, -0.25) is 0 Å². The molecule has 5 rings (SSSR count). The molecule has 0 amide bonds. The first-order chi connectivity index (χ1) is 13.0. The van der Waals surface area contributed by atoms with Crippen molar-refractivity contribution in [3.8, 4) is 0 Å². The van der Waals surface area contributed by atoms with Gasteiger partial charge < -0.3 is 0 Å². The number of hydrogen-bond acceptors (Lipinski definition) is 0. The van der Waals surface area contributed by atoms with Crippen molar-refractivity contribution in [3.63, 3.8) is 0 Å². The van der Waals surface area contributed by atoms with Crippen molar-refractivity contribution in [2.45, 2.75) is 91.4 Å². The maximum atomic E-state index is 2.74. The van der Waals surface area contributed by atoms with E-state index >= 15 is 0 Å². The van der Waals surface area contributed by atoms with Crippen molar-refractivity contribution < 1.29 is 0 Å². The third-order valence-electron chi connectivity index (χ3n) is 10.2. The molecule has 0 N–H and O–H groups in total. The van der Waals surface area contributed by atoms with E-state index in [0.717, 1.165) is 29.6 Å². The van der Waals surface area contributed by atoms with Crippen molar-refractivity contribution in [3.05, 3.63) is 35.4 Å². The van der Waals surface area contributed by atoms with E-state index in [1.54, 1.807) is 18.4 Å². The van der Waals surface area contributed by atoms with Gasteiger partial charge in [-0.05, 0) is 104 Å². The molecule has 1 aromatic carbocycles. The molecule has 4 aliphatic rings. The predicted molar refractivity (Wildman–Crippen MR) is 115 cm³/mol. The van der Waals surface area contributed by atoms with E-state index in [1.165, 1.54) is 63.4 Å². The minimum absolute atomic E-state index is 0.639. The molecule has 0 heterocycles. The van der Waals surface area contributed by atoms with E-state index in [1.807, 2.05) is 0 Å². The second kappa shape index (κ2) is 6.64. The van der Waals surface area contributed by atoms with Crippen LogP contribution in [0.3, 0.4) is 0 Å². The fourth-order valence-corrected chi connectivity index (χ4v) is 8.81. The van der Waals surface area contributed by atoms with Gasteiger partial charge >= 0.3 is 0 Å². The van der Waals surface area contributed by atoms with Crippen LogP contribution in [0.4, 0.5) is 0 Å². The van der Waals surface area contributed by atoms with Crippen molar-refractivity contribution >= 4 is 0 Å². The number of fused-ring (bicyclic) bond motifs is 5. The molecule has 4 aliphatic carbocycles. The second-order valence-electron chi connectivity index (χ2n) is 11.5. The van der Waals surface area contributed by atoms with Crippen LogP contribution in [0.2, 0.25) is 0 Å². The maximum Gasteiger partial charge on any atom is -0.0247 e. The Labute approximate surface area is 167 Å². The topological polar surface area (TPSA) is 0 Å². The Morgan fingerprint density at radius 1 is 0.815 bits per heavy atom. The van der Waals surface area contributed by atoms with Gasteiger partial charge in [-0.1, -0.05) is 62.9 Å². The molecule has 0 saturated heterocycles. The van der Waals surface area contributed by atoms with E-state index in [0.29, 0.717) is 10.8 Å². The van der Waals surface area contributed by atoms with Crippen LogP contribution in [0.5, 0.6) is 0 Å². The second-order valence-corrected chi connectivity index (χ2v) is 11.5. The molecule has 148 valence electrons. The van der Waals surface area contributed by atoms with E-state index < -0.39 is 0 Å². The Kier molecular flexibility index (Phi) is 4.49. The molecule has 0 heteroatoms. The number of benzene rings is 1. The van der Waals surface area contributed by atoms with Gasteiger partial charge in [0.15, 0.2) is 0 Å². The third kappa shape index (κ3) is 2.92. The van der Waals surface area contributed by atoms with Gasteiger partial charge in [0.2, 0.25) is 0 Å². The zero-order valence-electron chi connectivity index (χ0n) is 18.0. The van der Waals surface area contributed by atoms with Gasteiger partial charge in [0.05, 0.1) is 0 Å². The van der Waals surface area contributed by atoms with Crippen LogP contribution in [-0.2, 0) is 6.42 Å². The summed E-state index contributed by atoms with van der Waals surface area (Å²) in [4.78, 5) is 0. The zero-order chi connectivity index (χ0) is 18.6. The molecule has 4 saturated carbocycles. The summed E-state index contributed by atoms with van der Waals surface area (Å²) in [6, 6.07) is 9.50. The fourth-order valence-electron chi connectivity index (χ4n) is 8.81. The molecule has 1 aromatic rings. The SMILES string of the molecule is Cc1ccc(CC2C[C@@H]3[C@@H](CC[C@]4(C)CCC[C@@H]34)[C@@]3(C)CCCCC23)cc1. The first kappa shape index (κ1) is 18.3. The van der Waals surface area contributed by atoms with Crippen LogP contribution in [0, 0.1) is 47.3 Å². The molecule has 0 bridgehead atoms. The number of aryl methyl sites for hydroxylation is 1. The van der Waals surface area contributed by atoms with Gasteiger partial charge in [0.1, 0.15) is 0 Å². The lowest BCUT2D eigenvalue weighted by molar-refractivity contribution is -0.128. The monoisotopic (exact) mass is 364 g/mol. The van der Waals surface area contributed by atoms with E-state index in [4.69, 9.17) is 0 Å². The molecule has 0 nitrogen and oxygen atoms in total. The smallest absolute Gasteiger partial charge is 0.0247 e. The van der Waals surface area contributed by atoms with Gasteiger partial charge in [0, 0.05) is 0 Å². The molecule has 4 fully saturated rings. The standard InChI is InChI=1S/C27H40/c1-19-9-11-20(12-10-19)17-21-18-22-24-8-6-14-26(24,2)16-13-25(22)27(3)15-5-4-7-23(21)27/h9-12,21-25H,4-8,13-18H2,1-3H3/t21?,22-,23?,24-,25+,26-,27-/m0/s1. The quantitative estimate of drug-likeness (QED) is 0.507. The molecule has 0 aromatic heterocycles. The third-order valence-corrected chi connectivity index (χ3v) is 10.2. The highest BCUT2D eigenvalue weighted by atomic mass is 14.6. The minimum Gasteiger partial charge on any atom is -0.0594 e. The van der Waals surface area contributed by atoms with E-state index in [9.17, 15) is 0 Å². The highest BCUT2D eigenvalue weighted by Gasteiger charge is 2.59. The largest absolute Gasteiger partial charge is 0.0594 e. The summed E-state index contributed by atoms with van der Waals surface area (Å²) in [5.74, 6) is 5.02. The average molecular weight is 365 g/mol. The Balaban J connectivity index is 1.47. The molecule has 2 unspecified atom stereocenters. The van der Waals surface area contributed by atoms with E-state index in [2.05, 4.69) is 45.0 Å². The van der Waals surface area contributed by atoms with Crippen LogP contribution in [0.25, 0.3) is 0 Å². The average Bonchev–Trinajstić information content (AvgIpc) is 3.05. The van der Waals surface area contributed by atoms with Crippen LogP contribution in [-0.4, -0.2) is 0 Å². The van der Waals surface area contributed by atoms with Crippen molar-refractivity contribution in [2.24, 2.45) is 40.4 Å². The summed E-state index contributed by atoms with van der Waals surface area (Å²) >= 11 is 0. The highest BCUT2D eigenvalue weighted by molar-refractivity contribution is 5.22. The Bertz CT molecular complexity index is 672. The predicted octanol–water partition coefficient (Wildman–Crippen LogP) is 7.59. The molecular weight excluding hydrogens is 324 g/mol. The molecule has 7 atom stereocenters. The zero-order valence-corrected chi connectivity index (χ0v) is 18.0. The van der Waals surface area contributed by atoms with Gasteiger partial charge in [0.25, 0.3) is 0 Å². The lowest BCUT2D eigenvalue weighted by atomic mass is 9.43. The Hall–Kier alpha value is -0.780. The summed E-state index contributed by atoms with van der Waals surface area (Å²) in [6.07, 6.45) is 16.5. The van der Waals surface area contributed by atoms with Crippen LogP contribution in [0.15, 0.2) is 24.3 Å². The minimum atomic E-state index is 0.639. The first-order valence-electron chi connectivity index (χ1n) is 12.1. The number of rotatable bonds is 2. The Morgan fingerprint density at radius 3 is 2.41 bits per heavy atom. The number of hydrogen-bond donors (Lipinski definition) is 0. The molecule has 0 aliphatic heterocycles. The summed E-state index contributed by atoms with van der Waals surface area (Å²) in [6.45, 7) is 7.62. The molecule has 0 spiro atoms. The van der Waals surface area contributed by atoms with E-state index in [-0.39, 0.29) is 0 Å². The summed E-state index contributed by atoms with van der Waals surface area (Å²) in [5.41, 5.74) is 4.33. The summed E-state index contributed by atoms with van der Waals surface area (Å²) < 4.78 is 0. The van der Waals surface area contributed by atoms with Crippen molar-refractivity contribution in [1.82, 2.24) is 0 Å². The first-order valence-corrected chi connectivity index (χ1v) is 12.1. The normalized spacial score (nSPS) is 46.4. The maximum absolute atomic E-state index is 2.74. The highest BCUT2D eigenvalue weighted by Crippen LogP contribution is 2.67. The van der Waals surface area contributed by atoms with Crippen LogP contribution in [0.1, 0.15) is 89.2 Å².